The molecule has 100 valence electrons. The van der Waals surface area contributed by atoms with Crippen LogP contribution in [0.15, 0.2) is 24.3 Å². The van der Waals surface area contributed by atoms with Crippen LogP contribution in [0, 0.1) is 0 Å². The number of nitrogens with zero attached hydrogens (tertiary/aromatic N) is 1. The average molecular weight is 264 g/mol. The molecule has 2 N–H and O–H groups in total. The number of hydrogen-bond donors (Lipinski definition) is 2. The molecule has 2 rings (SSSR count). The lowest BCUT2D eigenvalue weighted by Gasteiger charge is -2.13. The monoisotopic (exact) mass is 264 g/mol. The number of benzene rings is 1. The molecule has 1 aliphatic rings. The van der Waals surface area contributed by atoms with Crippen LogP contribution in [0.5, 0.6) is 0 Å². The predicted molar refractivity (Wildman–Crippen MR) is 63.5 cm³/mol. The van der Waals surface area contributed by atoms with E-state index in [9.17, 15) is 14.4 Å². The molecule has 0 aliphatic carbocycles. The van der Waals surface area contributed by atoms with Crippen molar-refractivity contribution in [3.63, 3.8) is 0 Å². The fourth-order valence-corrected chi connectivity index (χ4v) is 1.85. The van der Waals surface area contributed by atoms with Crippen molar-refractivity contribution in [2.45, 2.75) is 6.42 Å². The van der Waals surface area contributed by atoms with E-state index < -0.39 is 6.09 Å². The summed E-state index contributed by atoms with van der Waals surface area (Å²) in [5, 5.41) is 8.27. The number of carboxylic acid groups (broad SMARTS) is 1. The number of hydrogen-bond acceptors (Lipinski definition) is 4. The molecule has 1 heterocycles. The highest BCUT2D eigenvalue weighted by Crippen LogP contribution is 2.22. The molecule has 7 heteroatoms. The third-order valence-electron chi connectivity index (χ3n) is 2.67. The first kappa shape index (κ1) is 13.0. The van der Waals surface area contributed by atoms with Gasteiger partial charge in [0.1, 0.15) is 0 Å². The van der Waals surface area contributed by atoms with Gasteiger partial charge in [-0.25, -0.2) is 4.79 Å². The fourth-order valence-electron chi connectivity index (χ4n) is 1.85. The smallest absolute Gasteiger partial charge is 0.428 e. The second-order valence-corrected chi connectivity index (χ2v) is 3.92. The van der Waals surface area contributed by atoms with Crippen LogP contribution in [0.25, 0.3) is 0 Å². The Morgan fingerprint density at radius 3 is 2.32 bits per heavy atom. The normalized spacial score (nSPS) is 13.6. The minimum Gasteiger partial charge on any atom is -0.464 e. The number of imide groups is 1. The maximum absolute atomic E-state index is 11.9. The summed E-state index contributed by atoms with van der Waals surface area (Å²) in [6.07, 6.45) is -0.938. The molecule has 0 fully saturated rings. The van der Waals surface area contributed by atoms with Crippen molar-refractivity contribution in [1.29, 1.82) is 0 Å². The van der Waals surface area contributed by atoms with Gasteiger partial charge in [0.15, 0.2) is 0 Å². The highest BCUT2D eigenvalue weighted by Gasteiger charge is 2.34. The molecule has 0 aromatic heterocycles. The van der Waals surface area contributed by atoms with Gasteiger partial charge in [-0.1, -0.05) is 12.1 Å². The van der Waals surface area contributed by atoms with E-state index in [1.54, 1.807) is 29.7 Å². The summed E-state index contributed by atoms with van der Waals surface area (Å²) in [7, 11) is 0. The van der Waals surface area contributed by atoms with E-state index in [2.05, 4.69) is 4.84 Å². The second kappa shape index (κ2) is 5.49. The van der Waals surface area contributed by atoms with E-state index in [-0.39, 0.29) is 25.0 Å². The second-order valence-electron chi connectivity index (χ2n) is 3.92. The Morgan fingerprint density at radius 1 is 1.21 bits per heavy atom. The highest BCUT2D eigenvalue weighted by atomic mass is 16.7. The van der Waals surface area contributed by atoms with Crippen LogP contribution < -0.4 is 5.48 Å². The third kappa shape index (κ3) is 2.71. The largest absolute Gasteiger partial charge is 0.464 e. The van der Waals surface area contributed by atoms with Crippen LogP contribution in [-0.2, 0) is 4.84 Å². The van der Waals surface area contributed by atoms with Crippen molar-refractivity contribution in [2.75, 3.05) is 13.2 Å². The summed E-state index contributed by atoms with van der Waals surface area (Å²) in [5.74, 6) is -0.654. The van der Waals surface area contributed by atoms with Crippen LogP contribution in [0.1, 0.15) is 27.1 Å². The van der Waals surface area contributed by atoms with E-state index >= 15 is 0 Å². The molecule has 0 saturated carbocycles. The number of hydroxylamine groups is 1. The number of carbonyl (C=O) groups is 3. The Kier molecular flexibility index (Phi) is 3.76. The molecule has 0 atom stereocenters. The molecule has 0 unspecified atom stereocenters. The average Bonchev–Trinajstić information content (AvgIpc) is 2.63. The van der Waals surface area contributed by atoms with Gasteiger partial charge in [0.2, 0.25) is 0 Å². The standard InChI is InChI=1S/C12H12N2O5/c15-10-8-4-1-2-5-9(8)11(16)14(10)6-3-7-19-13-12(17)18/h1-2,4-5,13H,3,6-7H2,(H,17,18). The number of carbonyl (C=O) groups excluding carboxylic acids is 2. The van der Waals surface area contributed by atoms with Crippen LogP contribution in [-0.4, -0.2) is 41.1 Å². The first-order valence-corrected chi connectivity index (χ1v) is 5.67. The van der Waals surface area contributed by atoms with E-state index in [0.29, 0.717) is 17.5 Å². The molecule has 0 bridgehead atoms. The van der Waals surface area contributed by atoms with Gasteiger partial charge in [-0.2, -0.15) is 5.48 Å². The van der Waals surface area contributed by atoms with Crippen LogP contribution in [0.2, 0.25) is 0 Å². The quantitative estimate of drug-likeness (QED) is 0.467. The van der Waals surface area contributed by atoms with Crippen molar-refractivity contribution < 1.29 is 24.3 Å². The Labute approximate surface area is 108 Å². The van der Waals surface area contributed by atoms with Crippen molar-refractivity contribution in [3.05, 3.63) is 35.4 Å². The van der Waals surface area contributed by atoms with Crippen molar-refractivity contribution >= 4 is 17.9 Å². The van der Waals surface area contributed by atoms with E-state index in [0.717, 1.165) is 4.90 Å². The van der Waals surface area contributed by atoms with E-state index in [4.69, 9.17) is 5.11 Å². The lowest BCUT2D eigenvalue weighted by atomic mass is 10.1. The van der Waals surface area contributed by atoms with Gasteiger partial charge < -0.3 is 5.11 Å². The van der Waals surface area contributed by atoms with Gasteiger partial charge in [0.25, 0.3) is 11.8 Å². The zero-order valence-corrected chi connectivity index (χ0v) is 9.96. The number of nitrogens with one attached hydrogen (secondary N) is 1. The molecule has 0 saturated heterocycles. The molecule has 0 radical (unpaired) electrons. The molecular weight excluding hydrogens is 252 g/mol. The van der Waals surface area contributed by atoms with Crippen LogP contribution in [0.4, 0.5) is 4.79 Å². The predicted octanol–water partition coefficient (Wildman–Crippen LogP) is 0.872. The topological polar surface area (TPSA) is 95.9 Å². The van der Waals surface area contributed by atoms with Gasteiger partial charge in [0.05, 0.1) is 17.7 Å². The summed E-state index contributed by atoms with van der Waals surface area (Å²) in [4.78, 5) is 39.7. The zero-order chi connectivity index (χ0) is 13.8. The SMILES string of the molecule is O=C(O)NOCCCN1C(=O)c2ccccc2C1=O. The lowest BCUT2D eigenvalue weighted by molar-refractivity contribution is 0.0355. The van der Waals surface area contributed by atoms with Crippen molar-refractivity contribution in [1.82, 2.24) is 10.4 Å². The molecule has 1 aliphatic heterocycles. The molecule has 1 aromatic carbocycles. The van der Waals surface area contributed by atoms with Gasteiger partial charge in [0, 0.05) is 6.54 Å². The van der Waals surface area contributed by atoms with E-state index in [1.807, 2.05) is 0 Å². The van der Waals surface area contributed by atoms with Crippen LogP contribution in [0.3, 0.4) is 0 Å². The Hall–Kier alpha value is -2.41. The first-order valence-electron chi connectivity index (χ1n) is 5.67. The number of amides is 3. The summed E-state index contributed by atoms with van der Waals surface area (Å²) < 4.78 is 0. The third-order valence-corrected chi connectivity index (χ3v) is 2.67. The molecule has 1 aromatic rings. The van der Waals surface area contributed by atoms with E-state index in [1.165, 1.54) is 0 Å². The van der Waals surface area contributed by atoms with Gasteiger partial charge in [-0.05, 0) is 18.6 Å². The molecule has 19 heavy (non-hydrogen) atoms. The Balaban J connectivity index is 1.88. The van der Waals surface area contributed by atoms with Gasteiger partial charge in [-0.15, -0.1) is 0 Å². The maximum Gasteiger partial charge on any atom is 0.428 e. The van der Waals surface area contributed by atoms with Gasteiger partial charge >= 0.3 is 6.09 Å². The first-order chi connectivity index (χ1) is 9.11. The minimum absolute atomic E-state index is 0.0830. The van der Waals surface area contributed by atoms with Crippen molar-refractivity contribution in [3.8, 4) is 0 Å². The Morgan fingerprint density at radius 2 is 1.79 bits per heavy atom. The van der Waals surface area contributed by atoms with Crippen molar-refractivity contribution in [2.24, 2.45) is 0 Å². The molecular formula is C12H12N2O5. The summed E-state index contributed by atoms with van der Waals surface area (Å²) in [6.45, 7) is 0.271. The lowest BCUT2D eigenvalue weighted by Crippen LogP contribution is -2.32. The Bertz CT molecular complexity index is 494. The molecule has 7 nitrogen and oxygen atoms in total. The zero-order valence-electron chi connectivity index (χ0n) is 9.96. The van der Waals surface area contributed by atoms with Gasteiger partial charge in [-0.3, -0.25) is 19.3 Å². The van der Waals surface area contributed by atoms with Crippen LogP contribution >= 0.6 is 0 Å². The number of rotatable bonds is 5. The summed E-state index contributed by atoms with van der Waals surface area (Å²) in [5.41, 5.74) is 2.54. The summed E-state index contributed by atoms with van der Waals surface area (Å²) in [6, 6.07) is 6.62. The number of fused-ring (bicyclic) bond motifs is 1. The minimum atomic E-state index is -1.29. The molecule has 0 spiro atoms. The summed E-state index contributed by atoms with van der Waals surface area (Å²) >= 11 is 0. The maximum atomic E-state index is 11.9. The fraction of sp³-hybridized carbons (Fsp3) is 0.250. The highest BCUT2D eigenvalue weighted by molar-refractivity contribution is 6.21. The molecule has 3 amide bonds.